The number of H-pyrrole nitrogens is 1. The van der Waals surface area contributed by atoms with Gasteiger partial charge in [0, 0.05) is 23.4 Å². The minimum atomic E-state index is -0.427. The molecule has 0 bridgehead atoms. The zero-order chi connectivity index (χ0) is 26.9. The zero-order valence-corrected chi connectivity index (χ0v) is 21.5. The Morgan fingerprint density at radius 3 is 2.58 bits per heavy atom. The fourth-order valence-corrected chi connectivity index (χ4v) is 4.98. The summed E-state index contributed by atoms with van der Waals surface area (Å²) in [6.45, 7) is 4.44. The fourth-order valence-electron chi connectivity index (χ4n) is 4.98. The lowest BCUT2D eigenvalue weighted by Crippen LogP contribution is -2.46. The van der Waals surface area contributed by atoms with Crippen LogP contribution in [-0.4, -0.2) is 58.5 Å². The first-order chi connectivity index (χ1) is 18.3. The molecule has 1 saturated carbocycles. The van der Waals surface area contributed by atoms with Crippen molar-refractivity contribution in [3.8, 4) is 0 Å². The first kappa shape index (κ1) is 25.2. The number of hydrogen-bond donors (Lipinski definition) is 4. The maximum Gasteiger partial charge on any atom is 0.319 e. The number of aromatic amines is 1. The molecule has 1 atom stereocenters. The standard InChI is InChI=1S/C28H31N7O3/c1-4-23(36)29-20-12-8-11-19(15-20)26(37)31-25-21-16-35(28(13-14-28)24(21)32-33-25)27(38)30-22(17-34(2)3)18-9-6-5-7-10-18/h4-12,15,22H,1,13-14,16-17H2,2-3H3,(H,29,36)(H,30,38)(H2,31,32,33,37)/t22-/m1/s1. The van der Waals surface area contributed by atoms with E-state index in [-0.39, 0.29) is 23.9 Å². The molecular weight excluding hydrogens is 482 g/mol. The molecule has 4 amide bonds. The zero-order valence-electron chi connectivity index (χ0n) is 21.5. The molecule has 196 valence electrons. The van der Waals surface area contributed by atoms with Crippen LogP contribution in [0, 0.1) is 0 Å². The number of anilines is 2. The van der Waals surface area contributed by atoms with Gasteiger partial charge >= 0.3 is 6.03 Å². The molecule has 2 heterocycles. The Kier molecular flexibility index (Phi) is 6.73. The molecule has 4 N–H and O–H groups in total. The van der Waals surface area contributed by atoms with Gasteiger partial charge in [0.2, 0.25) is 5.91 Å². The van der Waals surface area contributed by atoms with Crippen molar-refractivity contribution in [2.45, 2.75) is 31.0 Å². The van der Waals surface area contributed by atoms with Crippen molar-refractivity contribution in [2.75, 3.05) is 31.3 Å². The molecular formula is C28H31N7O3. The lowest BCUT2D eigenvalue weighted by molar-refractivity contribution is -0.111. The smallest absolute Gasteiger partial charge is 0.319 e. The van der Waals surface area contributed by atoms with Gasteiger partial charge in [0.25, 0.3) is 5.91 Å². The van der Waals surface area contributed by atoms with Crippen LogP contribution >= 0.6 is 0 Å². The number of fused-ring (bicyclic) bond motifs is 2. The van der Waals surface area contributed by atoms with Crippen LogP contribution in [0.15, 0.2) is 67.3 Å². The Morgan fingerprint density at radius 2 is 1.89 bits per heavy atom. The van der Waals surface area contributed by atoms with Crippen LogP contribution in [0.25, 0.3) is 0 Å². The molecule has 1 aromatic heterocycles. The summed E-state index contributed by atoms with van der Waals surface area (Å²) in [4.78, 5) is 42.1. The molecule has 2 aromatic carbocycles. The van der Waals surface area contributed by atoms with Crippen LogP contribution in [0.5, 0.6) is 0 Å². The van der Waals surface area contributed by atoms with Gasteiger partial charge in [-0.3, -0.25) is 14.7 Å². The summed E-state index contributed by atoms with van der Waals surface area (Å²) >= 11 is 0. The quantitative estimate of drug-likeness (QED) is 0.343. The number of carbonyl (C=O) groups is 3. The largest absolute Gasteiger partial charge is 0.330 e. The third kappa shape index (κ3) is 4.90. The number of likely N-dealkylation sites (N-methyl/N-ethyl adjacent to an activating group) is 1. The first-order valence-corrected chi connectivity index (χ1v) is 12.5. The number of nitrogens with one attached hydrogen (secondary N) is 4. The maximum absolute atomic E-state index is 13.6. The summed E-state index contributed by atoms with van der Waals surface area (Å²) in [6, 6.07) is 16.2. The third-order valence-electron chi connectivity index (χ3n) is 6.99. The van der Waals surface area contributed by atoms with Gasteiger partial charge in [0.15, 0.2) is 5.82 Å². The van der Waals surface area contributed by atoms with E-state index in [4.69, 9.17) is 0 Å². The molecule has 38 heavy (non-hydrogen) atoms. The highest BCUT2D eigenvalue weighted by molar-refractivity contribution is 6.06. The number of carbonyl (C=O) groups excluding carboxylic acids is 3. The number of hydrogen-bond acceptors (Lipinski definition) is 5. The summed E-state index contributed by atoms with van der Waals surface area (Å²) in [5.74, 6) is -0.322. The summed E-state index contributed by atoms with van der Waals surface area (Å²) < 4.78 is 0. The van der Waals surface area contributed by atoms with E-state index in [0.29, 0.717) is 30.2 Å². The van der Waals surface area contributed by atoms with Crippen LogP contribution in [0.4, 0.5) is 16.3 Å². The van der Waals surface area contributed by atoms with E-state index in [1.54, 1.807) is 24.3 Å². The van der Waals surface area contributed by atoms with Gasteiger partial charge in [-0.15, -0.1) is 0 Å². The summed E-state index contributed by atoms with van der Waals surface area (Å²) in [5.41, 5.74) is 3.15. The lowest BCUT2D eigenvalue weighted by Gasteiger charge is -2.29. The monoisotopic (exact) mass is 513 g/mol. The van der Waals surface area contributed by atoms with Crippen molar-refractivity contribution in [3.05, 3.63) is 89.6 Å². The number of amides is 4. The predicted octanol–water partition coefficient (Wildman–Crippen LogP) is 3.60. The van der Waals surface area contributed by atoms with E-state index in [2.05, 4.69) is 32.7 Å². The molecule has 10 heteroatoms. The second kappa shape index (κ2) is 10.1. The van der Waals surface area contributed by atoms with Gasteiger partial charge in [-0.25, -0.2) is 4.79 Å². The van der Waals surface area contributed by atoms with Crippen molar-refractivity contribution in [3.63, 3.8) is 0 Å². The predicted molar refractivity (Wildman–Crippen MR) is 145 cm³/mol. The van der Waals surface area contributed by atoms with Crippen molar-refractivity contribution < 1.29 is 14.4 Å². The lowest BCUT2D eigenvalue weighted by atomic mass is 10.1. The van der Waals surface area contributed by atoms with Gasteiger partial charge in [0.1, 0.15) is 0 Å². The molecule has 1 fully saturated rings. The van der Waals surface area contributed by atoms with Crippen LogP contribution in [-0.2, 0) is 16.9 Å². The van der Waals surface area contributed by atoms with Crippen molar-refractivity contribution >= 4 is 29.4 Å². The van der Waals surface area contributed by atoms with E-state index in [1.165, 1.54) is 0 Å². The van der Waals surface area contributed by atoms with Gasteiger partial charge < -0.3 is 25.8 Å². The normalized spacial score (nSPS) is 15.6. The molecule has 0 saturated heterocycles. The van der Waals surface area contributed by atoms with Crippen LogP contribution in [0.1, 0.15) is 46.1 Å². The van der Waals surface area contributed by atoms with Gasteiger partial charge in [-0.1, -0.05) is 43.0 Å². The Balaban J connectivity index is 1.32. The highest BCUT2D eigenvalue weighted by Crippen LogP contribution is 2.57. The van der Waals surface area contributed by atoms with E-state index >= 15 is 0 Å². The van der Waals surface area contributed by atoms with E-state index in [1.807, 2.05) is 54.2 Å². The third-order valence-corrected chi connectivity index (χ3v) is 6.99. The SMILES string of the molecule is C=CC(=O)Nc1cccc(C(=O)Nc2n[nH]c3c2CN(C(=O)N[C@H](CN(C)C)c2ccccc2)C32CC2)c1. The molecule has 10 nitrogen and oxygen atoms in total. The van der Waals surface area contributed by atoms with Crippen molar-refractivity contribution in [1.82, 2.24) is 25.3 Å². The van der Waals surface area contributed by atoms with Crippen LogP contribution in [0.3, 0.4) is 0 Å². The molecule has 0 unspecified atom stereocenters. The Bertz CT molecular complexity index is 1380. The van der Waals surface area contributed by atoms with E-state index < -0.39 is 5.54 Å². The molecule has 1 aliphatic heterocycles. The highest BCUT2D eigenvalue weighted by atomic mass is 16.2. The molecule has 1 aliphatic carbocycles. The Morgan fingerprint density at radius 1 is 1.13 bits per heavy atom. The average Bonchev–Trinajstić information content (AvgIpc) is 3.51. The van der Waals surface area contributed by atoms with E-state index in [9.17, 15) is 14.4 Å². The topological polar surface area (TPSA) is 122 Å². The van der Waals surface area contributed by atoms with Crippen LogP contribution in [0.2, 0.25) is 0 Å². The highest BCUT2D eigenvalue weighted by Gasteiger charge is 2.58. The summed E-state index contributed by atoms with van der Waals surface area (Å²) in [7, 11) is 3.96. The van der Waals surface area contributed by atoms with Gasteiger partial charge in [0.05, 0.1) is 23.8 Å². The average molecular weight is 514 g/mol. The van der Waals surface area contributed by atoms with Crippen LogP contribution < -0.4 is 16.0 Å². The summed E-state index contributed by atoms with van der Waals surface area (Å²) in [6.07, 6.45) is 2.83. The molecule has 1 spiro atoms. The molecule has 5 rings (SSSR count). The number of nitrogens with zero attached hydrogens (tertiary/aromatic N) is 3. The summed E-state index contributed by atoms with van der Waals surface area (Å²) in [5, 5.41) is 16.2. The number of benzene rings is 2. The van der Waals surface area contributed by atoms with Crippen molar-refractivity contribution in [1.29, 1.82) is 0 Å². The number of urea groups is 1. The Labute approximate surface area is 221 Å². The van der Waals surface area contributed by atoms with Crippen molar-refractivity contribution in [2.24, 2.45) is 0 Å². The molecule has 0 radical (unpaired) electrons. The maximum atomic E-state index is 13.6. The Hall–Kier alpha value is -4.44. The minimum Gasteiger partial charge on any atom is -0.330 e. The molecule has 2 aliphatic rings. The number of aromatic nitrogens is 2. The fraction of sp³-hybridized carbons (Fsp3) is 0.286. The van der Waals surface area contributed by atoms with Gasteiger partial charge in [-0.2, -0.15) is 5.10 Å². The number of rotatable bonds is 8. The second-order valence-corrected chi connectivity index (χ2v) is 9.95. The first-order valence-electron chi connectivity index (χ1n) is 12.5. The van der Waals surface area contributed by atoms with E-state index in [0.717, 1.165) is 35.7 Å². The second-order valence-electron chi connectivity index (χ2n) is 9.95. The molecule has 3 aromatic rings. The minimum absolute atomic E-state index is 0.147. The van der Waals surface area contributed by atoms with Gasteiger partial charge in [-0.05, 0) is 56.8 Å².